The number of ether oxygens (including phenoxy) is 2. The minimum atomic E-state index is -4.69. The lowest BCUT2D eigenvalue weighted by molar-refractivity contribution is -0.139. The average Bonchev–Trinajstić information content (AvgIpc) is 2.89. The largest absolute Gasteiger partial charge is 0.495 e. The standard InChI is InChI=1S/C27H33F4N5O4.CH4/c1-15(37)33-21-6-4-3-5-16(21)11-22-19(27(29,30)31)14-32-26(35-22)36-23-13-20(28)18(12-24(23)39-2)25(38)34-17-7-9-40-10-8-17;/h12-14,16-17,21H,3-11H2,1-2H3,(H,33,37)(H,34,38)(H,32,35,36);1H4/t16-,21+;/m0./s1. The Morgan fingerprint density at radius 2 is 1.80 bits per heavy atom. The van der Waals surface area contributed by atoms with Crippen molar-refractivity contribution in [1.82, 2.24) is 20.6 Å². The molecule has 0 unspecified atom stereocenters. The Kier molecular flexibility index (Phi) is 10.9. The van der Waals surface area contributed by atoms with Crippen LogP contribution in [0.1, 0.15) is 74.5 Å². The van der Waals surface area contributed by atoms with Crippen LogP contribution in [0.15, 0.2) is 18.3 Å². The number of halogens is 4. The first-order chi connectivity index (χ1) is 19.0. The molecule has 0 spiro atoms. The molecule has 1 saturated heterocycles. The van der Waals surface area contributed by atoms with Crippen molar-refractivity contribution in [2.75, 3.05) is 25.6 Å². The van der Waals surface area contributed by atoms with Gasteiger partial charge in [0.05, 0.1) is 29.6 Å². The highest BCUT2D eigenvalue weighted by Crippen LogP contribution is 2.36. The molecule has 4 rings (SSSR count). The van der Waals surface area contributed by atoms with E-state index in [-0.39, 0.29) is 66.4 Å². The Hall–Kier alpha value is -3.48. The molecule has 1 aromatic carbocycles. The zero-order chi connectivity index (χ0) is 28.9. The van der Waals surface area contributed by atoms with Gasteiger partial charge in [0.15, 0.2) is 0 Å². The van der Waals surface area contributed by atoms with E-state index in [0.717, 1.165) is 18.9 Å². The Bertz CT molecular complexity index is 1220. The molecule has 2 amide bonds. The maximum atomic E-state index is 15.0. The summed E-state index contributed by atoms with van der Waals surface area (Å²) in [6.45, 7) is 2.39. The minimum Gasteiger partial charge on any atom is -0.495 e. The third kappa shape index (κ3) is 8.27. The number of amides is 2. The van der Waals surface area contributed by atoms with Crippen LogP contribution in [0.4, 0.5) is 29.2 Å². The molecule has 0 bridgehead atoms. The number of nitrogens with one attached hydrogen (secondary N) is 3. The fraction of sp³-hybridized carbons (Fsp3) is 0.571. The molecule has 2 heterocycles. The van der Waals surface area contributed by atoms with Gasteiger partial charge < -0.3 is 25.4 Å². The van der Waals surface area contributed by atoms with Crippen molar-refractivity contribution in [3.63, 3.8) is 0 Å². The highest BCUT2D eigenvalue weighted by molar-refractivity contribution is 5.96. The highest BCUT2D eigenvalue weighted by Gasteiger charge is 2.37. The van der Waals surface area contributed by atoms with Gasteiger partial charge in [0.1, 0.15) is 11.6 Å². The molecule has 2 aliphatic rings. The number of nitrogens with zero attached hydrogens (tertiary/aromatic N) is 2. The van der Waals surface area contributed by atoms with Crippen LogP contribution in [0.5, 0.6) is 5.75 Å². The number of aromatic nitrogens is 2. The van der Waals surface area contributed by atoms with E-state index < -0.39 is 23.5 Å². The quantitative estimate of drug-likeness (QED) is 0.368. The van der Waals surface area contributed by atoms with Crippen LogP contribution in [0.25, 0.3) is 0 Å². The maximum absolute atomic E-state index is 15.0. The van der Waals surface area contributed by atoms with Crippen LogP contribution in [-0.4, -0.2) is 54.2 Å². The van der Waals surface area contributed by atoms with Crippen molar-refractivity contribution < 1.29 is 36.6 Å². The number of hydrogen-bond donors (Lipinski definition) is 3. The smallest absolute Gasteiger partial charge is 0.419 e. The summed E-state index contributed by atoms with van der Waals surface area (Å²) in [7, 11) is 1.32. The second-order valence-electron chi connectivity index (χ2n) is 10.1. The van der Waals surface area contributed by atoms with E-state index in [0.29, 0.717) is 45.1 Å². The molecule has 1 aliphatic heterocycles. The Morgan fingerprint density at radius 3 is 2.46 bits per heavy atom. The SMILES string of the molecule is C.COc1cc(C(=O)NC2CCOCC2)c(F)cc1Nc1ncc(C(F)(F)F)c(C[C@@H]2CCCC[C@H]2NC(C)=O)n1. The van der Waals surface area contributed by atoms with Crippen LogP contribution < -0.4 is 20.7 Å². The van der Waals surface area contributed by atoms with Gasteiger partial charge in [0.2, 0.25) is 11.9 Å². The monoisotopic (exact) mass is 583 g/mol. The average molecular weight is 584 g/mol. The van der Waals surface area contributed by atoms with Gasteiger partial charge in [0.25, 0.3) is 5.91 Å². The molecule has 1 aliphatic carbocycles. The molecular formula is C28H37F4N5O4. The van der Waals surface area contributed by atoms with Gasteiger partial charge in [-0.25, -0.2) is 14.4 Å². The minimum absolute atomic E-state index is 0. The van der Waals surface area contributed by atoms with E-state index in [1.165, 1.54) is 20.1 Å². The fourth-order valence-electron chi connectivity index (χ4n) is 5.24. The van der Waals surface area contributed by atoms with Crippen molar-refractivity contribution in [3.05, 3.63) is 41.0 Å². The molecule has 41 heavy (non-hydrogen) atoms. The van der Waals surface area contributed by atoms with E-state index in [9.17, 15) is 22.8 Å². The van der Waals surface area contributed by atoms with Gasteiger partial charge in [-0.05, 0) is 44.1 Å². The van der Waals surface area contributed by atoms with E-state index in [1.54, 1.807) is 0 Å². The lowest BCUT2D eigenvalue weighted by Gasteiger charge is -2.32. The lowest BCUT2D eigenvalue weighted by atomic mass is 9.81. The van der Waals surface area contributed by atoms with Crippen LogP contribution in [0.3, 0.4) is 0 Å². The molecule has 226 valence electrons. The molecule has 2 aromatic rings. The molecular weight excluding hydrogens is 546 g/mol. The summed E-state index contributed by atoms with van der Waals surface area (Å²) < 4.78 is 67.2. The number of benzene rings is 1. The number of carbonyl (C=O) groups excluding carboxylic acids is 2. The van der Waals surface area contributed by atoms with Crippen LogP contribution in [0, 0.1) is 11.7 Å². The molecule has 1 saturated carbocycles. The van der Waals surface area contributed by atoms with E-state index >= 15 is 4.39 Å². The summed E-state index contributed by atoms with van der Waals surface area (Å²) >= 11 is 0. The van der Waals surface area contributed by atoms with Gasteiger partial charge in [-0.15, -0.1) is 0 Å². The van der Waals surface area contributed by atoms with Crippen molar-refractivity contribution in [1.29, 1.82) is 0 Å². The summed E-state index contributed by atoms with van der Waals surface area (Å²) in [6.07, 6.45) is 0.247. The third-order valence-electron chi connectivity index (χ3n) is 7.26. The molecule has 2 fully saturated rings. The van der Waals surface area contributed by atoms with Gasteiger partial charge >= 0.3 is 6.18 Å². The molecule has 13 heteroatoms. The molecule has 9 nitrogen and oxygen atoms in total. The summed E-state index contributed by atoms with van der Waals surface area (Å²) in [5.41, 5.74) is -1.38. The number of anilines is 2. The van der Waals surface area contributed by atoms with Crippen molar-refractivity contribution in [3.8, 4) is 5.75 Å². The van der Waals surface area contributed by atoms with Crippen LogP contribution in [0.2, 0.25) is 0 Å². The second-order valence-corrected chi connectivity index (χ2v) is 10.1. The van der Waals surface area contributed by atoms with Gasteiger partial charge in [-0.2, -0.15) is 13.2 Å². The summed E-state index contributed by atoms with van der Waals surface area (Å²) in [5.74, 6) is -2.03. The van der Waals surface area contributed by atoms with E-state index in [4.69, 9.17) is 9.47 Å². The molecule has 1 aromatic heterocycles. The van der Waals surface area contributed by atoms with Gasteiger partial charge in [0, 0.05) is 44.5 Å². The van der Waals surface area contributed by atoms with Gasteiger partial charge in [-0.3, -0.25) is 9.59 Å². The highest BCUT2D eigenvalue weighted by atomic mass is 19.4. The molecule has 2 atom stereocenters. The number of alkyl halides is 3. The van der Waals surface area contributed by atoms with E-state index in [1.807, 2.05) is 0 Å². The number of hydrogen-bond acceptors (Lipinski definition) is 7. The lowest BCUT2D eigenvalue weighted by Crippen LogP contribution is -2.42. The maximum Gasteiger partial charge on any atom is 0.419 e. The Balaban J connectivity index is 0.00000462. The number of carbonyl (C=O) groups is 2. The van der Waals surface area contributed by atoms with Crippen molar-refractivity contribution in [2.45, 2.75) is 77.6 Å². The predicted octanol–water partition coefficient (Wildman–Crippen LogP) is 5.17. The van der Waals surface area contributed by atoms with Crippen LogP contribution in [-0.2, 0) is 22.1 Å². The zero-order valence-electron chi connectivity index (χ0n) is 22.4. The number of methoxy groups -OCH3 is 1. The normalized spacial score (nSPS) is 19.6. The van der Waals surface area contributed by atoms with Crippen LogP contribution >= 0.6 is 0 Å². The number of rotatable bonds is 8. The Morgan fingerprint density at radius 1 is 1.10 bits per heavy atom. The summed E-state index contributed by atoms with van der Waals surface area (Å²) in [5, 5.41) is 8.37. The summed E-state index contributed by atoms with van der Waals surface area (Å²) in [4.78, 5) is 32.3. The molecule has 0 radical (unpaired) electrons. The third-order valence-corrected chi connectivity index (χ3v) is 7.26. The second kappa shape index (κ2) is 13.9. The van der Waals surface area contributed by atoms with Gasteiger partial charge in [-0.1, -0.05) is 20.3 Å². The van der Waals surface area contributed by atoms with Crippen molar-refractivity contribution in [2.24, 2.45) is 5.92 Å². The fourth-order valence-corrected chi connectivity index (χ4v) is 5.24. The Labute approximate surface area is 236 Å². The first kappa shape index (κ1) is 32.0. The predicted molar refractivity (Wildman–Crippen MR) is 145 cm³/mol. The first-order valence-corrected chi connectivity index (χ1v) is 13.3. The first-order valence-electron chi connectivity index (χ1n) is 13.3. The molecule has 3 N–H and O–H groups in total. The van der Waals surface area contributed by atoms with E-state index in [2.05, 4.69) is 25.9 Å². The summed E-state index contributed by atoms with van der Waals surface area (Å²) in [6, 6.07) is 1.84. The van der Waals surface area contributed by atoms with Crippen molar-refractivity contribution >= 4 is 23.5 Å². The topological polar surface area (TPSA) is 114 Å². The zero-order valence-corrected chi connectivity index (χ0v) is 22.4.